The van der Waals surface area contributed by atoms with Gasteiger partial charge in [0.1, 0.15) is 0 Å². The lowest BCUT2D eigenvalue weighted by Gasteiger charge is -1.99. The lowest BCUT2D eigenvalue weighted by molar-refractivity contribution is 0.186. The third-order valence-corrected chi connectivity index (χ3v) is 2.95. The van der Waals surface area contributed by atoms with Crippen molar-refractivity contribution in [3.63, 3.8) is 0 Å². The molecule has 0 fully saturated rings. The Balaban J connectivity index is 2.31. The summed E-state index contributed by atoms with van der Waals surface area (Å²) in [7, 11) is 1.62. The van der Waals surface area contributed by atoms with Crippen molar-refractivity contribution >= 4 is 15.9 Å². The van der Waals surface area contributed by atoms with Crippen LogP contribution in [0.5, 0.6) is 0 Å². The van der Waals surface area contributed by atoms with Gasteiger partial charge in [0.05, 0.1) is 18.8 Å². The highest BCUT2D eigenvalue weighted by molar-refractivity contribution is 9.10. The molecule has 5 heteroatoms. The first-order chi connectivity index (χ1) is 8.20. The standard InChI is InChI=1S/C12H13BrN2O2/c1-17-6-5-15-8-11(14-12(15)16)9-3-2-4-10(13)7-9/h2-4,7-8H,5-6H2,1H3,(H,14,16). The zero-order chi connectivity index (χ0) is 12.3. The van der Waals surface area contributed by atoms with Gasteiger partial charge in [-0.1, -0.05) is 28.1 Å². The van der Waals surface area contributed by atoms with Gasteiger partial charge in [-0.25, -0.2) is 4.79 Å². The second-order valence-electron chi connectivity index (χ2n) is 3.67. The fourth-order valence-corrected chi connectivity index (χ4v) is 1.99. The molecule has 0 bridgehead atoms. The van der Waals surface area contributed by atoms with Crippen LogP contribution in [-0.2, 0) is 11.3 Å². The number of nitrogens with one attached hydrogen (secondary N) is 1. The average Bonchev–Trinajstić information content (AvgIpc) is 2.68. The van der Waals surface area contributed by atoms with E-state index in [-0.39, 0.29) is 5.69 Å². The van der Waals surface area contributed by atoms with Gasteiger partial charge in [0.25, 0.3) is 0 Å². The van der Waals surface area contributed by atoms with E-state index in [0.29, 0.717) is 13.2 Å². The molecular formula is C12H13BrN2O2. The summed E-state index contributed by atoms with van der Waals surface area (Å²) in [6, 6.07) is 7.80. The predicted molar refractivity (Wildman–Crippen MR) is 70.1 cm³/mol. The molecule has 0 unspecified atom stereocenters. The molecule has 0 aliphatic rings. The molecule has 0 aliphatic heterocycles. The van der Waals surface area contributed by atoms with Gasteiger partial charge in [-0.2, -0.15) is 0 Å². The first-order valence-electron chi connectivity index (χ1n) is 5.25. The summed E-state index contributed by atoms with van der Waals surface area (Å²) >= 11 is 3.41. The predicted octanol–water partition coefficient (Wildman–Crippen LogP) is 2.25. The molecule has 1 heterocycles. The monoisotopic (exact) mass is 296 g/mol. The maximum atomic E-state index is 11.6. The minimum Gasteiger partial charge on any atom is -0.383 e. The van der Waals surface area contributed by atoms with E-state index in [9.17, 15) is 4.79 Å². The molecule has 0 saturated heterocycles. The average molecular weight is 297 g/mol. The second-order valence-corrected chi connectivity index (χ2v) is 4.59. The highest BCUT2D eigenvalue weighted by Crippen LogP contribution is 2.20. The van der Waals surface area contributed by atoms with Crippen LogP contribution in [0.15, 0.2) is 39.7 Å². The highest BCUT2D eigenvalue weighted by Gasteiger charge is 2.05. The molecule has 0 saturated carbocycles. The number of aromatic amines is 1. The number of methoxy groups -OCH3 is 1. The molecule has 17 heavy (non-hydrogen) atoms. The van der Waals surface area contributed by atoms with E-state index in [2.05, 4.69) is 20.9 Å². The molecule has 2 rings (SSSR count). The van der Waals surface area contributed by atoms with Crippen LogP contribution in [0.2, 0.25) is 0 Å². The van der Waals surface area contributed by atoms with Crippen molar-refractivity contribution in [2.75, 3.05) is 13.7 Å². The van der Waals surface area contributed by atoms with Gasteiger partial charge in [-0.3, -0.25) is 4.57 Å². The topological polar surface area (TPSA) is 47.0 Å². The number of ether oxygens (including phenoxy) is 1. The van der Waals surface area contributed by atoms with Crippen LogP contribution in [0.4, 0.5) is 0 Å². The van der Waals surface area contributed by atoms with Gasteiger partial charge < -0.3 is 9.72 Å². The Morgan fingerprint density at radius 3 is 3.00 bits per heavy atom. The van der Waals surface area contributed by atoms with Crippen molar-refractivity contribution in [2.24, 2.45) is 0 Å². The smallest absolute Gasteiger partial charge is 0.326 e. The number of hydrogen-bond acceptors (Lipinski definition) is 2. The zero-order valence-corrected chi connectivity index (χ0v) is 11.0. The van der Waals surface area contributed by atoms with Crippen LogP contribution in [0.25, 0.3) is 11.3 Å². The quantitative estimate of drug-likeness (QED) is 0.941. The van der Waals surface area contributed by atoms with Crippen LogP contribution in [0.1, 0.15) is 0 Å². The van der Waals surface area contributed by atoms with Crippen molar-refractivity contribution in [2.45, 2.75) is 6.54 Å². The van der Waals surface area contributed by atoms with Crippen LogP contribution in [0, 0.1) is 0 Å². The fourth-order valence-electron chi connectivity index (χ4n) is 1.59. The molecule has 0 atom stereocenters. The summed E-state index contributed by atoms with van der Waals surface area (Å²) < 4.78 is 7.55. The van der Waals surface area contributed by atoms with Gasteiger partial charge in [0.2, 0.25) is 0 Å². The van der Waals surface area contributed by atoms with Crippen LogP contribution >= 0.6 is 15.9 Å². The Labute approximate surface area is 107 Å². The molecule has 4 nitrogen and oxygen atoms in total. The minimum absolute atomic E-state index is 0.114. The molecule has 1 aromatic carbocycles. The van der Waals surface area contributed by atoms with E-state index in [1.54, 1.807) is 11.7 Å². The summed E-state index contributed by atoms with van der Waals surface area (Å²) in [4.78, 5) is 14.5. The third kappa shape index (κ3) is 2.87. The molecule has 0 aliphatic carbocycles. The summed E-state index contributed by atoms with van der Waals surface area (Å²) in [6.07, 6.45) is 1.81. The normalized spacial score (nSPS) is 10.7. The van der Waals surface area contributed by atoms with Crippen molar-refractivity contribution < 1.29 is 4.74 Å². The maximum absolute atomic E-state index is 11.6. The largest absolute Gasteiger partial charge is 0.383 e. The molecule has 90 valence electrons. The minimum atomic E-state index is -0.114. The number of imidazole rings is 1. The number of benzene rings is 1. The van der Waals surface area contributed by atoms with Crippen LogP contribution in [0.3, 0.4) is 0 Å². The van der Waals surface area contributed by atoms with E-state index in [4.69, 9.17) is 4.74 Å². The van der Waals surface area contributed by atoms with E-state index < -0.39 is 0 Å². The molecule has 1 aromatic heterocycles. The first-order valence-corrected chi connectivity index (χ1v) is 6.04. The molecular weight excluding hydrogens is 284 g/mol. The van der Waals surface area contributed by atoms with Crippen molar-refractivity contribution in [3.05, 3.63) is 45.4 Å². The van der Waals surface area contributed by atoms with Crippen LogP contribution < -0.4 is 5.69 Å². The zero-order valence-electron chi connectivity index (χ0n) is 9.44. The number of hydrogen-bond donors (Lipinski definition) is 1. The van der Waals surface area contributed by atoms with Gasteiger partial charge in [-0.05, 0) is 12.1 Å². The number of H-pyrrole nitrogens is 1. The summed E-state index contributed by atoms with van der Waals surface area (Å²) in [5.74, 6) is 0. The summed E-state index contributed by atoms with van der Waals surface area (Å²) in [5, 5.41) is 0. The van der Waals surface area contributed by atoms with Crippen molar-refractivity contribution in [3.8, 4) is 11.3 Å². The molecule has 0 spiro atoms. The van der Waals surface area contributed by atoms with Crippen molar-refractivity contribution in [1.29, 1.82) is 0 Å². The van der Waals surface area contributed by atoms with E-state index in [1.807, 2.05) is 30.5 Å². The Kier molecular flexibility index (Phi) is 3.81. The lowest BCUT2D eigenvalue weighted by Crippen LogP contribution is -2.18. The van der Waals surface area contributed by atoms with E-state index >= 15 is 0 Å². The number of halogens is 1. The van der Waals surface area contributed by atoms with E-state index in [1.165, 1.54) is 0 Å². The van der Waals surface area contributed by atoms with Crippen molar-refractivity contribution in [1.82, 2.24) is 9.55 Å². The van der Waals surface area contributed by atoms with Crippen LogP contribution in [-0.4, -0.2) is 23.3 Å². The summed E-state index contributed by atoms with van der Waals surface area (Å²) in [6.45, 7) is 1.08. The highest BCUT2D eigenvalue weighted by atomic mass is 79.9. The number of nitrogens with zero attached hydrogens (tertiary/aromatic N) is 1. The third-order valence-electron chi connectivity index (χ3n) is 2.46. The number of aromatic nitrogens is 2. The fraction of sp³-hybridized carbons (Fsp3) is 0.250. The first kappa shape index (κ1) is 12.1. The molecule has 2 aromatic rings. The second kappa shape index (κ2) is 5.33. The maximum Gasteiger partial charge on any atom is 0.326 e. The lowest BCUT2D eigenvalue weighted by atomic mass is 10.2. The number of rotatable bonds is 4. The Morgan fingerprint density at radius 1 is 1.47 bits per heavy atom. The SMILES string of the molecule is COCCn1cc(-c2cccc(Br)c2)[nH]c1=O. The summed E-state index contributed by atoms with van der Waals surface area (Å²) in [5.41, 5.74) is 1.68. The molecule has 0 radical (unpaired) electrons. The van der Waals surface area contributed by atoms with Gasteiger partial charge in [-0.15, -0.1) is 0 Å². The van der Waals surface area contributed by atoms with Gasteiger partial charge in [0, 0.05) is 23.3 Å². The van der Waals surface area contributed by atoms with Gasteiger partial charge in [0.15, 0.2) is 0 Å². The molecule has 0 amide bonds. The Bertz CT molecular complexity index is 560. The Hall–Kier alpha value is -1.33. The Morgan fingerprint density at radius 2 is 2.29 bits per heavy atom. The van der Waals surface area contributed by atoms with E-state index in [0.717, 1.165) is 15.7 Å². The van der Waals surface area contributed by atoms with Gasteiger partial charge >= 0.3 is 5.69 Å². The molecule has 1 N–H and O–H groups in total.